The molecule has 2 aromatic carbocycles. The van der Waals surface area contributed by atoms with Gasteiger partial charge in [-0.2, -0.15) is 0 Å². The second kappa shape index (κ2) is 9.45. The third-order valence-electron chi connectivity index (χ3n) is 3.74. The summed E-state index contributed by atoms with van der Waals surface area (Å²) in [6.07, 6.45) is 1.43. The molecule has 0 atom stereocenters. The predicted molar refractivity (Wildman–Crippen MR) is 106 cm³/mol. The monoisotopic (exact) mass is 382 g/mol. The number of nitro groups is 1. The molecule has 0 fully saturated rings. The summed E-state index contributed by atoms with van der Waals surface area (Å²) in [5, 5.41) is 13.4. The van der Waals surface area contributed by atoms with E-state index in [0.717, 1.165) is 5.56 Å². The summed E-state index contributed by atoms with van der Waals surface area (Å²) in [6.45, 7) is 5.91. The first-order valence-electron chi connectivity index (χ1n) is 8.77. The third kappa shape index (κ3) is 6.05. The topological polar surface area (TPSA) is 98.5 Å². The van der Waals surface area contributed by atoms with E-state index in [1.54, 1.807) is 24.3 Å². The van der Waals surface area contributed by atoms with Gasteiger partial charge in [-0.1, -0.05) is 31.5 Å². The van der Waals surface area contributed by atoms with E-state index in [1.165, 1.54) is 30.3 Å². The van der Waals surface area contributed by atoms with Crippen LogP contribution in [0.2, 0.25) is 0 Å². The highest BCUT2D eigenvalue weighted by atomic mass is 16.6. The molecule has 2 rings (SSSR count). The number of non-ortho nitro benzene ring substituents is 1. The van der Waals surface area contributed by atoms with Crippen LogP contribution in [0.4, 0.5) is 5.69 Å². The maximum Gasteiger partial charge on any atom is 0.354 e. The van der Waals surface area contributed by atoms with Crippen LogP contribution in [-0.4, -0.2) is 23.4 Å². The molecule has 7 heteroatoms. The molecule has 1 N–H and O–H groups in total. The van der Waals surface area contributed by atoms with Gasteiger partial charge in [0.2, 0.25) is 0 Å². The first-order chi connectivity index (χ1) is 13.3. The summed E-state index contributed by atoms with van der Waals surface area (Å²) in [6, 6.07) is 12.5. The van der Waals surface area contributed by atoms with Crippen LogP contribution >= 0.6 is 0 Å². The number of nitrogens with zero attached hydrogens (tertiary/aromatic N) is 1. The van der Waals surface area contributed by atoms with E-state index < -0.39 is 16.8 Å². The van der Waals surface area contributed by atoms with Gasteiger partial charge in [0.15, 0.2) is 0 Å². The minimum atomic E-state index is -0.674. The average molecular weight is 382 g/mol. The number of benzene rings is 2. The van der Waals surface area contributed by atoms with Crippen molar-refractivity contribution in [3.8, 4) is 0 Å². The van der Waals surface area contributed by atoms with Crippen LogP contribution in [0.3, 0.4) is 0 Å². The van der Waals surface area contributed by atoms with Gasteiger partial charge < -0.3 is 10.1 Å². The maximum atomic E-state index is 12.5. The number of carbonyl (C=O) groups excluding carboxylic acids is 2. The van der Waals surface area contributed by atoms with E-state index in [2.05, 4.69) is 5.32 Å². The molecule has 0 radical (unpaired) electrons. The fraction of sp³-hybridized carbons (Fsp3) is 0.238. The van der Waals surface area contributed by atoms with Crippen molar-refractivity contribution in [2.45, 2.75) is 20.8 Å². The van der Waals surface area contributed by atoms with Crippen LogP contribution in [0.25, 0.3) is 6.08 Å². The number of nitrogens with one attached hydrogen (secondary N) is 1. The fourth-order valence-electron chi connectivity index (χ4n) is 2.22. The van der Waals surface area contributed by atoms with Crippen LogP contribution in [0.15, 0.2) is 54.2 Å². The van der Waals surface area contributed by atoms with Crippen molar-refractivity contribution in [2.24, 2.45) is 5.92 Å². The van der Waals surface area contributed by atoms with Crippen molar-refractivity contribution in [3.63, 3.8) is 0 Å². The highest BCUT2D eigenvalue weighted by Crippen LogP contribution is 2.15. The normalized spacial score (nSPS) is 11.2. The van der Waals surface area contributed by atoms with Crippen LogP contribution in [0, 0.1) is 23.0 Å². The number of aryl methyl sites for hydroxylation is 1. The molecule has 0 heterocycles. The molecule has 0 aliphatic rings. The van der Waals surface area contributed by atoms with Gasteiger partial charge in [-0.15, -0.1) is 0 Å². The van der Waals surface area contributed by atoms with Crippen LogP contribution in [0.1, 0.15) is 35.3 Å². The zero-order valence-electron chi connectivity index (χ0n) is 16.0. The van der Waals surface area contributed by atoms with Gasteiger partial charge in [-0.05, 0) is 48.7 Å². The largest absolute Gasteiger partial charge is 0.461 e. The average Bonchev–Trinajstić information content (AvgIpc) is 2.66. The van der Waals surface area contributed by atoms with Gasteiger partial charge in [-0.3, -0.25) is 14.9 Å². The van der Waals surface area contributed by atoms with Gasteiger partial charge in [0, 0.05) is 17.7 Å². The highest BCUT2D eigenvalue weighted by Gasteiger charge is 2.17. The van der Waals surface area contributed by atoms with Crippen LogP contribution in [0.5, 0.6) is 0 Å². The number of hydrogen-bond acceptors (Lipinski definition) is 5. The zero-order chi connectivity index (χ0) is 20.7. The molecule has 7 nitrogen and oxygen atoms in total. The van der Waals surface area contributed by atoms with Gasteiger partial charge in [0.1, 0.15) is 5.70 Å². The molecule has 146 valence electrons. The standard InChI is InChI=1S/C21H22N2O5/c1-14(2)13-28-21(25)19(12-16-6-10-18(11-7-16)23(26)27)22-20(24)17-8-4-15(3)5-9-17/h4-12,14H,13H2,1-3H3,(H,22,24)/b19-12+. The first-order valence-corrected chi connectivity index (χ1v) is 8.77. The third-order valence-corrected chi connectivity index (χ3v) is 3.74. The molecule has 0 spiro atoms. The van der Waals surface area contributed by atoms with E-state index in [1.807, 2.05) is 20.8 Å². The first kappa shape index (κ1) is 20.8. The summed E-state index contributed by atoms with van der Waals surface area (Å²) >= 11 is 0. The van der Waals surface area contributed by atoms with E-state index in [4.69, 9.17) is 4.74 Å². The van der Waals surface area contributed by atoms with Crippen molar-refractivity contribution in [1.29, 1.82) is 0 Å². The number of carbonyl (C=O) groups is 2. The Morgan fingerprint density at radius 1 is 1.11 bits per heavy atom. The Balaban J connectivity index is 2.27. The van der Waals surface area contributed by atoms with E-state index in [0.29, 0.717) is 11.1 Å². The maximum absolute atomic E-state index is 12.5. The Labute approximate surface area is 163 Å². The van der Waals surface area contributed by atoms with Crippen molar-refractivity contribution in [3.05, 3.63) is 81.0 Å². The summed E-state index contributed by atoms with van der Waals surface area (Å²) in [5.74, 6) is -0.987. The molecule has 0 aliphatic heterocycles. The Hall–Kier alpha value is -3.48. The Morgan fingerprint density at radius 2 is 1.71 bits per heavy atom. The molecule has 0 saturated carbocycles. The molecule has 0 bridgehead atoms. The number of ether oxygens (including phenoxy) is 1. The zero-order valence-corrected chi connectivity index (χ0v) is 16.0. The molecular formula is C21H22N2O5. The van der Waals surface area contributed by atoms with E-state index in [-0.39, 0.29) is 23.9 Å². The summed E-state index contributed by atoms with van der Waals surface area (Å²) in [4.78, 5) is 35.2. The summed E-state index contributed by atoms with van der Waals surface area (Å²) < 4.78 is 5.23. The lowest BCUT2D eigenvalue weighted by molar-refractivity contribution is -0.384. The number of amides is 1. The van der Waals surface area contributed by atoms with Gasteiger partial charge >= 0.3 is 5.97 Å². The second-order valence-electron chi connectivity index (χ2n) is 6.72. The number of rotatable bonds is 7. The number of hydrogen-bond donors (Lipinski definition) is 1. The smallest absolute Gasteiger partial charge is 0.354 e. The second-order valence-corrected chi connectivity index (χ2v) is 6.72. The molecule has 0 aliphatic carbocycles. The van der Waals surface area contributed by atoms with Crippen molar-refractivity contribution < 1.29 is 19.2 Å². The number of nitro benzene ring substituents is 1. The van der Waals surface area contributed by atoms with Crippen LogP contribution in [-0.2, 0) is 9.53 Å². The van der Waals surface area contributed by atoms with Crippen LogP contribution < -0.4 is 5.32 Å². The fourth-order valence-corrected chi connectivity index (χ4v) is 2.22. The van der Waals surface area contributed by atoms with E-state index in [9.17, 15) is 19.7 Å². The number of esters is 1. The minimum Gasteiger partial charge on any atom is -0.461 e. The summed E-state index contributed by atoms with van der Waals surface area (Å²) in [7, 11) is 0. The molecule has 0 unspecified atom stereocenters. The lowest BCUT2D eigenvalue weighted by Gasteiger charge is -2.12. The molecule has 2 aromatic rings. The minimum absolute atomic E-state index is 0.0416. The Morgan fingerprint density at radius 3 is 2.25 bits per heavy atom. The molecule has 28 heavy (non-hydrogen) atoms. The quantitative estimate of drug-likeness (QED) is 0.339. The summed E-state index contributed by atoms with van der Waals surface area (Å²) in [5.41, 5.74) is 1.82. The molecule has 0 saturated heterocycles. The lowest BCUT2D eigenvalue weighted by Crippen LogP contribution is -2.29. The molecule has 0 aromatic heterocycles. The predicted octanol–water partition coefficient (Wildman–Crippen LogP) is 3.87. The van der Waals surface area contributed by atoms with Crippen molar-refractivity contribution >= 4 is 23.6 Å². The Bertz CT molecular complexity index is 884. The SMILES string of the molecule is Cc1ccc(C(=O)N/C(=C/c2ccc([N+](=O)[O-])cc2)C(=O)OCC(C)C)cc1. The van der Waals surface area contributed by atoms with Crippen molar-refractivity contribution in [2.75, 3.05) is 6.61 Å². The van der Waals surface area contributed by atoms with E-state index >= 15 is 0 Å². The Kier molecular flexibility index (Phi) is 7.03. The van der Waals surface area contributed by atoms with Gasteiger partial charge in [-0.25, -0.2) is 4.79 Å². The van der Waals surface area contributed by atoms with Gasteiger partial charge in [0.05, 0.1) is 11.5 Å². The van der Waals surface area contributed by atoms with Gasteiger partial charge in [0.25, 0.3) is 11.6 Å². The molecular weight excluding hydrogens is 360 g/mol. The lowest BCUT2D eigenvalue weighted by atomic mass is 10.1. The molecule has 1 amide bonds. The highest BCUT2D eigenvalue weighted by molar-refractivity contribution is 6.03. The van der Waals surface area contributed by atoms with Crippen molar-refractivity contribution in [1.82, 2.24) is 5.32 Å².